The van der Waals surface area contributed by atoms with Crippen molar-refractivity contribution in [2.75, 3.05) is 10.0 Å². The maximum absolute atomic E-state index is 12.7. The zero-order valence-corrected chi connectivity index (χ0v) is 17.1. The van der Waals surface area contributed by atoms with Crippen LogP contribution in [0.1, 0.15) is 21.5 Å². The fraction of sp³-hybridized carbons (Fsp3) is 0.0952. The Bertz CT molecular complexity index is 1220. The van der Waals surface area contributed by atoms with Gasteiger partial charge in [0.1, 0.15) is 0 Å². The third kappa shape index (κ3) is 4.81. The number of non-ortho nitro benzene ring substituents is 1. The average Bonchev–Trinajstić information content (AvgIpc) is 2.70. The summed E-state index contributed by atoms with van der Waals surface area (Å²) in [4.78, 5) is 23.0. The number of carbonyl (C=O) groups excluding carboxylic acids is 1. The van der Waals surface area contributed by atoms with Crippen LogP contribution in [-0.2, 0) is 10.0 Å². The Labute approximate surface area is 173 Å². The number of benzene rings is 3. The molecular formula is C21H19N3O5S. The Morgan fingerprint density at radius 2 is 1.63 bits per heavy atom. The van der Waals surface area contributed by atoms with Crippen LogP contribution in [0.2, 0.25) is 0 Å². The van der Waals surface area contributed by atoms with Crippen LogP contribution in [0.5, 0.6) is 0 Å². The lowest BCUT2D eigenvalue weighted by molar-refractivity contribution is -0.384. The largest absolute Gasteiger partial charge is 0.322 e. The summed E-state index contributed by atoms with van der Waals surface area (Å²) in [5.74, 6) is -0.569. The highest BCUT2D eigenvalue weighted by molar-refractivity contribution is 7.92. The van der Waals surface area contributed by atoms with E-state index in [-0.39, 0.29) is 21.8 Å². The topological polar surface area (TPSA) is 118 Å². The molecule has 0 radical (unpaired) electrons. The molecule has 3 rings (SSSR count). The number of carbonyl (C=O) groups is 1. The van der Waals surface area contributed by atoms with E-state index in [9.17, 15) is 23.3 Å². The molecule has 0 aliphatic heterocycles. The first-order valence-electron chi connectivity index (χ1n) is 8.92. The van der Waals surface area contributed by atoms with E-state index in [4.69, 9.17) is 0 Å². The van der Waals surface area contributed by atoms with Gasteiger partial charge in [0.15, 0.2) is 0 Å². The number of sulfonamides is 1. The molecule has 2 N–H and O–H groups in total. The Morgan fingerprint density at radius 1 is 0.933 bits per heavy atom. The highest BCUT2D eigenvalue weighted by Gasteiger charge is 2.19. The predicted octanol–water partition coefficient (Wildman–Crippen LogP) is 4.26. The molecule has 0 spiro atoms. The van der Waals surface area contributed by atoms with Crippen LogP contribution in [-0.4, -0.2) is 19.2 Å². The van der Waals surface area contributed by atoms with E-state index in [2.05, 4.69) is 10.0 Å². The Balaban J connectivity index is 1.87. The number of nitrogens with zero attached hydrogens (tertiary/aromatic N) is 1. The number of amides is 1. The van der Waals surface area contributed by atoms with Crippen molar-refractivity contribution in [1.29, 1.82) is 0 Å². The van der Waals surface area contributed by atoms with Crippen molar-refractivity contribution in [2.24, 2.45) is 0 Å². The van der Waals surface area contributed by atoms with Crippen molar-refractivity contribution in [1.82, 2.24) is 0 Å². The molecule has 0 atom stereocenters. The zero-order chi connectivity index (χ0) is 21.9. The fourth-order valence-electron chi connectivity index (χ4n) is 2.74. The number of nitro benzene ring substituents is 1. The number of nitro groups is 1. The van der Waals surface area contributed by atoms with Gasteiger partial charge < -0.3 is 5.32 Å². The van der Waals surface area contributed by atoms with Crippen molar-refractivity contribution >= 4 is 33.0 Å². The van der Waals surface area contributed by atoms with Gasteiger partial charge in [-0.15, -0.1) is 0 Å². The van der Waals surface area contributed by atoms with Gasteiger partial charge in [-0.3, -0.25) is 19.6 Å². The third-order valence-electron chi connectivity index (χ3n) is 4.38. The van der Waals surface area contributed by atoms with E-state index in [1.54, 1.807) is 31.2 Å². The smallest absolute Gasteiger partial charge is 0.271 e. The van der Waals surface area contributed by atoms with E-state index in [0.29, 0.717) is 11.3 Å². The Morgan fingerprint density at radius 3 is 2.30 bits per heavy atom. The first-order chi connectivity index (χ1) is 14.2. The number of rotatable bonds is 6. The highest BCUT2D eigenvalue weighted by Crippen LogP contribution is 2.22. The number of hydrogen-bond acceptors (Lipinski definition) is 5. The maximum Gasteiger partial charge on any atom is 0.271 e. The van der Waals surface area contributed by atoms with Gasteiger partial charge in [0, 0.05) is 29.1 Å². The quantitative estimate of drug-likeness (QED) is 0.452. The molecule has 154 valence electrons. The van der Waals surface area contributed by atoms with Gasteiger partial charge in [0.2, 0.25) is 0 Å². The summed E-state index contributed by atoms with van der Waals surface area (Å²) in [6.45, 7) is 3.57. The molecule has 3 aromatic rings. The van der Waals surface area contributed by atoms with Gasteiger partial charge in [0.25, 0.3) is 21.6 Å². The van der Waals surface area contributed by atoms with Gasteiger partial charge >= 0.3 is 0 Å². The molecule has 30 heavy (non-hydrogen) atoms. The molecule has 0 unspecified atom stereocenters. The molecular weight excluding hydrogens is 406 g/mol. The van der Waals surface area contributed by atoms with Crippen molar-refractivity contribution < 1.29 is 18.1 Å². The van der Waals surface area contributed by atoms with Crippen LogP contribution in [0, 0.1) is 24.0 Å². The minimum atomic E-state index is -3.91. The molecule has 3 aromatic carbocycles. The molecule has 0 aliphatic carbocycles. The molecule has 0 saturated carbocycles. The van der Waals surface area contributed by atoms with Gasteiger partial charge in [-0.05, 0) is 49.7 Å². The summed E-state index contributed by atoms with van der Waals surface area (Å²) in [7, 11) is -3.91. The van der Waals surface area contributed by atoms with Crippen LogP contribution in [0.4, 0.5) is 17.1 Å². The lowest BCUT2D eigenvalue weighted by Gasteiger charge is -2.12. The van der Waals surface area contributed by atoms with Crippen molar-refractivity contribution in [3.05, 3.63) is 93.5 Å². The summed E-state index contributed by atoms with van der Waals surface area (Å²) < 4.78 is 27.9. The zero-order valence-electron chi connectivity index (χ0n) is 16.2. The summed E-state index contributed by atoms with van der Waals surface area (Å²) in [6.07, 6.45) is 0. The summed E-state index contributed by atoms with van der Waals surface area (Å²) >= 11 is 0. The van der Waals surface area contributed by atoms with Crippen molar-refractivity contribution in [3.63, 3.8) is 0 Å². The van der Waals surface area contributed by atoms with E-state index in [1.807, 2.05) is 6.92 Å². The maximum atomic E-state index is 12.7. The number of anilines is 2. The van der Waals surface area contributed by atoms with E-state index in [0.717, 1.165) is 5.56 Å². The van der Waals surface area contributed by atoms with Gasteiger partial charge in [-0.1, -0.05) is 29.8 Å². The fourth-order valence-corrected chi connectivity index (χ4v) is 3.83. The second-order valence-corrected chi connectivity index (χ2v) is 8.39. The first-order valence-corrected chi connectivity index (χ1v) is 10.4. The molecule has 0 fully saturated rings. The average molecular weight is 425 g/mol. The van der Waals surface area contributed by atoms with Gasteiger partial charge in [-0.25, -0.2) is 8.42 Å². The standard InChI is InChI=1S/C21H19N3O5S/c1-14-6-9-16(10-7-14)23-30(28,29)19-11-8-15(2)20(13-19)21(25)22-17-4-3-5-18(12-17)24(26)27/h3-13,23H,1-2H3,(H,22,25). The Hall–Kier alpha value is -3.72. The summed E-state index contributed by atoms with van der Waals surface area (Å²) in [5.41, 5.74) is 2.18. The molecule has 0 aliphatic rings. The molecule has 0 bridgehead atoms. The molecule has 8 nitrogen and oxygen atoms in total. The van der Waals surface area contributed by atoms with Crippen molar-refractivity contribution in [3.8, 4) is 0 Å². The summed E-state index contributed by atoms with van der Waals surface area (Å²) in [6, 6.07) is 16.6. The molecule has 9 heteroatoms. The molecule has 0 aromatic heterocycles. The second-order valence-electron chi connectivity index (χ2n) is 6.71. The Kier molecular flexibility index (Phi) is 5.84. The lowest BCUT2D eigenvalue weighted by atomic mass is 10.1. The molecule has 0 saturated heterocycles. The third-order valence-corrected chi connectivity index (χ3v) is 5.76. The van der Waals surface area contributed by atoms with Gasteiger partial charge in [0.05, 0.1) is 9.82 Å². The van der Waals surface area contributed by atoms with E-state index in [1.165, 1.54) is 42.5 Å². The molecule has 0 heterocycles. The second kappa shape index (κ2) is 8.34. The van der Waals surface area contributed by atoms with Crippen LogP contribution in [0.25, 0.3) is 0 Å². The monoisotopic (exact) mass is 425 g/mol. The van der Waals surface area contributed by atoms with E-state index >= 15 is 0 Å². The van der Waals surface area contributed by atoms with Gasteiger partial charge in [-0.2, -0.15) is 0 Å². The number of nitrogens with one attached hydrogen (secondary N) is 2. The van der Waals surface area contributed by atoms with Crippen LogP contribution in [0.15, 0.2) is 71.6 Å². The highest BCUT2D eigenvalue weighted by atomic mass is 32.2. The number of aryl methyl sites for hydroxylation is 2. The van der Waals surface area contributed by atoms with Crippen LogP contribution >= 0.6 is 0 Å². The SMILES string of the molecule is Cc1ccc(NS(=O)(=O)c2ccc(C)c(C(=O)Nc3cccc([N+](=O)[O-])c3)c2)cc1. The summed E-state index contributed by atoms with van der Waals surface area (Å²) in [5, 5.41) is 13.5. The normalized spacial score (nSPS) is 11.0. The predicted molar refractivity (Wildman–Crippen MR) is 114 cm³/mol. The first kappa shape index (κ1) is 21.0. The van der Waals surface area contributed by atoms with Crippen LogP contribution in [0.3, 0.4) is 0 Å². The number of hydrogen-bond donors (Lipinski definition) is 2. The minimum Gasteiger partial charge on any atom is -0.322 e. The minimum absolute atomic E-state index is 0.0714. The van der Waals surface area contributed by atoms with Crippen molar-refractivity contribution in [2.45, 2.75) is 18.7 Å². The van der Waals surface area contributed by atoms with Crippen LogP contribution < -0.4 is 10.0 Å². The lowest BCUT2D eigenvalue weighted by Crippen LogP contribution is -2.17. The van der Waals surface area contributed by atoms with E-state index < -0.39 is 20.9 Å². The molecule has 1 amide bonds.